The molecule has 1 aromatic carbocycles. The van der Waals surface area contributed by atoms with Crippen molar-refractivity contribution in [2.45, 2.75) is 40.5 Å². The normalized spacial score (nSPS) is 12.5. The van der Waals surface area contributed by atoms with Crippen molar-refractivity contribution in [3.63, 3.8) is 0 Å². The highest BCUT2D eigenvalue weighted by atomic mass is 32.2. The number of carbonyl (C=O) groups is 2. The van der Waals surface area contributed by atoms with E-state index < -0.39 is 6.03 Å². The molecule has 1 rings (SSSR count). The third-order valence-corrected chi connectivity index (χ3v) is 4.40. The Hall–Kier alpha value is -2.28. The van der Waals surface area contributed by atoms with E-state index in [4.69, 9.17) is 0 Å². The number of amides is 2. The second-order valence-electron chi connectivity index (χ2n) is 5.54. The molecule has 0 saturated heterocycles. The number of carbonyl (C=O) groups excluding carboxylic acids is 2. The van der Waals surface area contributed by atoms with Gasteiger partial charge in [-0.15, -0.1) is 11.8 Å². The van der Waals surface area contributed by atoms with E-state index in [-0.39, 0.29) is 5.78 Å². The number of benzene rings is 1. The lowest BCUT2D eigenvalue weighted by atomic mass is 10.1. The van der Waals surface area contributed by atoms with Crippen molar-refractivity contribution in [2.75, 3.05) is 18.1 Å². The summed E-state index contributed by atoms with van der Waals surface area (Å²) in [6.07, 6.45) is 3.14. The summed E-state index contributed by atoms with van der Waals surface area (Å²) < 4.78 is 0. The van der Waals surface area contributed by atoms with Crippen LogP contribution in [0.2, 0.25) is 0 Å². The summed E-state index contributed by atoms with van der Waals surface area (Å²) >= 11 is 1.28. The van der Waals surface area contributed by atoms with Gasteiger partial charge in [0.1, 0.15) is 5.78 Å². The summed E-state index contributed by atoms with van der Waals surface area (Å²) in [5.41, 5.74) is 2.46. The number of amidine groups is 1. The van der Waals surface area contributed by atoms with Crippen LogP contribution in [0.15, 0.2) is 33.2 Å². The Morgan fingerprint density at radius 3 is 2.58 bits per heavy atom. The Bertz CT molecular complexity index is 739. The maximum absolute atomic E-state index is 12.1. The highest BCUT2D eigenvalue weighted by molar-refractivity contribution is 8.14. The summed E-state index contributed by atoms with van der Waals surface area (Å²) in [7, 11) is 1.70. The number of aryl methyl sites for hydroxylation is 1. The second-order valence-corrected chi connectivity index (χ2v) is 6.71. The predicted octanol–water partition coefficient (Wildman–Crippen LogP) is 4.51. The fraction of sp³-hybridized carbons (Fsp3) is 0.421. The largest absolute Gasteiger partial charge is 0.346 e. The molecule has 0 heterocycles. The summed E-state index contributed by atoms with van der Waals surface area (Å²) in [4.78, 5) is 35.9. The summed E-state index contributed by atoms with van der Waals surface area (Å²) in [6, 6.07) is 5.15. The molecule has 0 aliphatic rings. The van der Waals surface area contributed by atoms with Gasteiger partial charge >= 0.3 is 6.03 Å². The molecule has 2 amide bonds. The van der Waals surface area contributed by atoms with Crippen LogP contribution in [-0.2, 0) is 4.79 Å². The van der Waals surface area contributed by atoms with Gasteiger partial charge in [-0.2, -0.15) is 4.99 Å². The van der Waals surface area contributed by atoms with Crippen molar-refractivity contribution in [1.29, 1.82) is 0 Å². The molecule has 0 unspecified atom stereocenters. The topological polar surface area (TPSA) is 83.2 Å². The molecule has 7 heteroatoms. The third-order valence-electron chi connectivity index (χ3n) is 3.43. The number of nitrogens with one attached hydrogen (secondary N) is 1. The number of urea groups is 1. The van der Waals surface area contributed by atoms with Crippen LogP contribution in [0.4, 0.5) is 10.5 Å². The molecule has 140 valence electrons. The zero-order valence-corrected chi connectivity index (χ0v) is 16.8. The smallest absolute Gasteiger partial charge is 0.306 e. The van der Waals surface area contributed by atoms with Crippen molar-refractivity contribution in [3.8, 4) is 0 Å². The van der Waals surface area contributed by atoms with Gasteiger partial charge in [-0.25, -0.2) is 9.79 Å². The first-order valence-electron chi connectivity index (χ1n) is 8.52. The van der Waals surface area contributed by atoms with Gasteiger partial charge in [-0.3, -0.25) is 9.79 Å². The minimum Gasteiger partial charge on any atom is -0.306 e. The number of aliphatic imine (C=N–C) groups is 3. The van der Waals surface area contributed by atoms with E-state index in [1.165, 1.54) is 11.8 Å². The highest BCUT2D eigenvalue weighted by Crippen LogP contribution is 2.18. The van der Waals surface area contributed by atoms with E-state index in [2.05, 4.69) is 20.3 Å². The standard InChI is InChI=1S/C19H26N4O2S/c1-6-10-21-18(20-5)15-8-9-17(13(3)11-15)23-19(25)22-14(4)26-12-16(24)7-2/h8-11H,6-7,12H2,1-5H3,(H,23,25). The van der Waals surface area contributed by atoms with Crippen LogP contribution in [0, 0.1) is 6.92 Å². The average molecular weight is 375 g/mol. The molecule has 0 radical (unpaired) electrons. The molecule has 0 fully saturated rings. The van der Waals surface area contributed by atoms with Gasteiger partial charge in [-0.05, 0) is 44.0 Å². The van der Waals surface area contributed by atoms with Crippen LogP contribution in [0.5, 0.6) is 0 Å². The maximum atomic E-state index is 12.1. The Balaban J connectivity index is 2.80. The first-order chi connectivity index (χ1) is 12.4. The molecule has 0 aliphatic carbocycles. The number of hydrogen-bond acceptors (Lipinski definition) is 4. The van der Waals surface area contributed by atoms with Crippen LogP contribution in [-0.4, -0.2) is 41.7 Å². The van der Waals surface area contributed by atoms with Crippen molar-refractivity contribution in [2.24, 2.45) is 15.0 Å². The first-order valence-corrected chi connectivity index (χ1v) is 9.50. The zero-order valence-electron chi connectivity index (χ0n) is 16.0. The second kappa shape index (κ2) is 11.4. The third kappa shape index (κ3) is 7.31. The SMILES string of the molecule is CCC=NC(=NC)c1ccc(NC(=O)N=C(C)SCC(=O)CC)c(C)c1. The molecular weight excluding hydrogens is 348 g/mol. The van der Waals surface area contributed by atoms with Gasteiger partial charge in [-0.1, -0.05) is 13.8 Å². The molecule has 0 atom stereocenters. The minimum atomic E-state index is -0.455. The molecule has 0 bridgehead atoms. The van der Waals surface area contributed by atoms with Crippen LogP contribution < -0.4 is 5.32 Å². The van der Waals surface area contributed by atoms with Crippen LogP contribution in [0.1, 0.15) is 44.7 Å². The monoisotopic (exact) mass is 374 g/mol. The lowest BCUT2D eigenvalue weighted by molar-refractivity contribution is -0.116. The highest BCUT2D eigenvalue weighted by Gasteiger charge is 2.08. The van der Waals surface area contributed by atoms with Crippen LogP contribution in [0.25, 0.3) is 0 Å². The molecule has 1 aromatic rings. The van der Waals surface area contributed by atoms with Crippen molar-refractivity contribution in [3.05, 3.63) is 29.3 Å². The van der Waals surface area contributed by atoms with Gasteiger partial charge in [0.25, 0.3) is 0 Å². The molecule has 0 saturated carbocycles. The lowest BCUT2D eigenvalue weighted by Crippen LogP contribution is -2.10. The first kappa shape index (κ1) is 21.8. The van der Waals surface area contributed by atoms with Gasteiger partial charge in [0.2, 0.25) is 0 Å². The molecule has 26 heavy (non-hydrogen) atoms. The summed E-state index contributed by atoms with van der Waals surface area (Å²) in [5, 5.41) is 3.33. The Labute approximate surface area is 159 Å². The molecule has 0 aromatic heterocycles. The Morgan fingerprint density at radius 2 is 2.00 bits per heavy atom. The number of ketones is 1. The molecular formula is C19H26N4O2S. The summed E-state index contributed by atoms with van der Waals surface area (Å²) in [5.74, 6) is 1.12. The van der Waals surface area contributed by atoms with Gasteiger partial charge in [0, 0.05) is 30.9 Å². The number of nitrogens with zero attached hydrogens (tertiary/aromatic N) is 3. The predicted molar refractivity (Wildman–Crippen MR) is 112 cm³/mol. The van der Waals surface area contributed by atoms with E-state index in [1.807, 2.05) is 45.2 Å². The van der Waals surface area contributed by atoms with Gasteiger partial charge < -0.3 is 5.32 Å². The lowest BCUT2D eigenvalue weighted by Gasteiger charge is -2.09. The number of thioether (sulfide) groups is 1. The molecule has 0 aliphatic heterocycles. The Morgan fingerprint density at radius 1 is 1.27 bits per heavy atom. The van der Waals surface area contributed by atoms with E-state index in [9.17, 15) is 9.59 Å². The molecule has 6 nitrogen and oxygen atoms in total. The molecule has 0 spiro atoms. The van der Waals surface area contributed by atoms with E-state index in [0.717, 1.165) is 17.5 Å². The minimum absolute atomic E-state index is 0.135. The van der Waals surface area contributed by atoms with Crippen molar-refractivity contribution in [1.82, 2.24) is 0 Å². The zero-order chi connectivity index (χ0) is 19.5. The average Bonchev–Trinajstić information content (AvgIpc) is 2.62. The maximum Gasteiger partial charge on any atom is 0.346 e. The number of rotatable bonds is 6. The number of Topliss-reactive ketones (excluding diaryl/α,β-unsaturated/α-hetero) is 1. The molecule has 1 N–H and O–H groups in total. The fourth-order valence-electron chi connectivity index (χ4n) is 1.99. The van der Waals surface area contributed by atoms with Crippen LogP contribution >= 0.6 is 11.8 Å². The van der Waals surface area contributed by atoms with E-state index >= 15 is 0 Å². The quantitative estimate of drug-likeness (QED) is 0.587. The summed E-state index contributed by atoms with van der Waals surface area (Å²) in [6.45, 7) is 7.45. The fourth-order valence-corrected chi connectivity index (χ4v) is 2.71. The Kier molecular flexibility index (Phi) is 9.51. The van der Waals surface area contributed by atoms with E-state index in [0.29, 0.717) is 28.7 Å². The van der Waals surface area contributed by atoms with Gasteiger partial charge in [0.05, 0.1) is 10.8 Å². The number of anilines is 1. The van der Waals surface area contributed by atoms with Crippen molar-refractivity contribution < 1.29 is 9.59 Å². The number of hydrogen-bond donors (Lipinski definition) is 1. The van der Waals surface area contributed by atoms with E-state index in [1.54, 1.807) is 14.0 Å². The van der Waals surface area contributed by atoms with Crippen LogP contribution in [0.3, 0.4) is 0 Å². The van der Waals surface area contributed by atoms with Crippen molar-refractivity contribution >= 4 is 46.4 Å². The van der Waals surface area contributed by atoms with Gasteiger partial charge in [0.15, 0.2) is 5.84 Å².